The van der Waals surface area contributed by atoms with E-state index >= 15 is 0 Å². The first-order chi connectivity index (χ1) is 8.40. The molecule has 1 atom stereocenters. The molecule has 5 heteroatoms. The first-order valence-corrected chi connectivity index (χ1v) is 6.58. The van der Waals surface area contributed by atoms with Gasteiger partial charge >= 0.3 is 5.97 Å². The van der Waals surface area contributed by atoms with Crippen molar-refractivity contribution >= 4 is 23.6 Å². The summed E-state index contributed by atoms with van der Waals surface area (Å²) in [6, 6.07) is 6.25. The smallest absolute Gasteiger partial charge is 0.325 e. The topological polar surface area (TPSA) is 66.4 Å². The summed E-state index contributed by atoms with van der Waals surface area (Å²) >= 11 is 1.71. The van der Waals surface area contributed by atoms with Gasteiger partial charge in [-0.3, -0.25) is 9.59 Å². The molecule has 0 spiro atoms. The van der Waals surface area contributed by atoms with E-state index in [0.717, 1.165) is 4.90 Å². The maximum Gasteiger partial charge on any atom is 0.325 e. The summed E-state index contributed by atoms with van der Waals surface area (Å²) in [5.74, 6) is -1.42. The molecule has 1 unspecified atom stereocenters. The van der Waals surface area contributed by atoms with E-state index in [9.17, 15) is 9.59 Å². The van der Waals surface area contributed by atoms with Gasteiger partial charge in [0.1, 0.15) is 6.04 Å². The van der Waals surface area contributed by atoms with Crippen molar-refractivity contribution < 1.29 is 14.7 Å². The summed E-state index contributed by atoms with van der Waals surface area (Å²) in [5.41, 5.74) is 0.469. The van der Waals surface area contributed by atoms with Crippen LogP contribution in [0.25, 0.3) is 0 Å². The Kier molecular flexibility index (Phi) is 5.22. The summed E-state index contributed by atoms with van der Waals surface area (Å²) in [6.45, 7) is 5.63. The van der Waals surface area contributed by atoms with Crippen LogP contribution in [0.5, 0.6) is 0 Å². The molecule has 0 aliphatic carbocycles. The van der Waals surface area contributed by atoms with Gasteiger partial charge in [-0.15, -0.1) is 11.8 Å². The zero-order valence-electron chi connectivity index (χ0n) is 10.6. The van der Waals surface area contributed by atoms with Crippen LogP contribution >= 0.6 is 11.8 Å². The van der Waals surface area contributed by atoms with Crippen LogP contribution in [0.3, 0.4) is 0 Å². The highest BCUT2D eigenvalue weighted by atomic mass is 32.2. The molecular weight excluding hydrogens is 250 g/mol. The number of aliphatic carboxylic acids is 1. The number of rotatable bonds is 5. The number of carboxylic acid groups (broad SMARTS) is 1. The second-order valence-electron chi connectivity index (χ2n) is 4.22. The quantitative estimate of drug-likeness (QED) is 0.804. The fraction of sp³-hybridized carbons (Fsp3) is 0.385. The van der Waals surface area contributed by atoms with Crippen molar-refractivity contribution in [3.05, 3.63) is 29.8 Å². The highest BCUT2D eigenvalue weighted by molar-refractivity contribution is 7.99. The number of carbonyl (C=O) groups excluding carboxylic acids is 1. The number of hydrogen-bond acceptors (Lipinski definition) is 3. The largest absolute Gasteiger partial charge is 0.480 e. The van der Waals surface area contributed by atoms with E-state index in [0.29, 0.717) is 10.8 Å². The molecule has 2 N–H and O–H groups in total. The number of amides is 1. The van der Waals surface area contributed by atoms with Crippen molar-refractivity contribution in [2.45, 2.75) is 37.0 Å². The van der Waals surface area contributed by atoms with Gasteiger partial charge < -0.3 is 10.4 Å². The van der Waals surface area contributed by atoms with E-state index in [1.54, 1.807) is 23.9 Å². The van der Waals surface area contributed by atoms with Crippen LogP contribution in [0.2, 0.25) is 0 Å². The first-order valence-electron chi connectivity index (χ1n) is 5.70. The van der Waals surface area contributed by atoms with Crippen LogP contribution in [0.4, 0.5) is 0 Å². The lowest BCUT2D eigenvalue weighted by molar-refractivity contribution is -0.138. The molecule has 1 aromatic rings. The second kappa shape index (κ2) is 6.44. The maximum atomic E-state index is 11.7. The average molecular weight is 267 g/mol. The van der Waals surface area contributed by atoms with Gasteiger partial charge in [-0.2, -0.15) is 0 Å². The van der Waals surface area contributed by atoms with Crippen molar-refractivity contribution in [1.82, 2.24) is 5.32 Å². The summed E-state index contributed by atoms with van der Waals surface area (Å²) in [6.07, 6.45) is 0. The van der Waals surface area contributed by atoms with Crippen molar-refractivity contribution in [2.24, 2.45) is 0 Å². The molecule has 0 saturated carbocycles. The van der Waals surface area contributed by atoms with Crippen LogP contribution in [0, 0.1) is 0 Å². The molecule has 1 rings (SSSR count). The Morgan fingerprint density at radius 1 is 1.17 bits per heavy atom. The number of thioether (sulfide) groups is 1. The van der Waals surface area contributed by atoms with Gasteiger partial charge in [-0.1, -0.05) is 13.8 Å². The molecule has 0 radical (unpaired) electrons. The van der Waals surface area contributed by atoms with Crippen molar-refractivity contribution in [2.75, 3.05) is 0 Å². The fourth-order valence-electron chi connectivity index (χ4n) is 1.30. The Balaban J connectivity index is 2.67. The maximum absolute atomic E-state index is 11.7. The molecule has 1 amide bonds. The van der Waals surface area contributed by atoms with Gasteiger partial charge in [-0.25, -0.2) is 0 Å². The third-order valence-corrected chi connectivity index (χ3v) is 3.22. The molecule has 0 aliphatic heterocycles. The van der Waals surface area contributed by atoms with Crippen LogP contribution in [-0.2, 0) is 4.79 Å². The molecular formula is C13H17NO3S. The van der Waals surface area contributed by atoms with E-state index < -0.39 is 12.0 Å². The monoisotopic (exact) mass is 267 g/mol. The van der Waals surface area contributed by atoms with Gasteiger partial charge in [0.15, 0.2) is 0 Å². The van der Waals surface area contributed by atoms with Gasteiger partial charge in [0.2, 0.25) is 0 Å². The number of hydrogen-bond donors (Lipinski definition) is 2. The molecule has 0 saturated heterocycles. The number of benzene rings is 1. The Hall–Kier alpha value is -1.49. The van der Waals surface area contributed by atoms with Crippen molar-refractivity contribution in [1.29, 1.82) is 0 Å². The van der Waals surface area contributed by atoms with Crippen LogP contribution in [-0.4, -0.2) is 28.3 Å². The van der Waals surface area contributed by atoms with Crippen LogP contribution < -0.4 is 5.32 Å². The van der Waals surface area contributed by atoms with Crippen LogP contribution in [0.1, 0.15) is 31.1 Å². The van der Waals surface area contributed by atoms with Crippen LogP contribution in [0.15, 0.2) is 29.2 Å². The molecule has 98 valence electrons. The van der Waals surface area contributed by atoms with E-state index in [1.165, 1.54) is 6.92 Å². The zero-order valence-corrected chi connectivity index (χ0v) is 11.5. The number of nitrogens with one attached hydrogen (secondary N) is 1. The Morgan fingerprint density at radius 2 is 1.72 bits per heavy atom. The van der Waals surface area contributed by atoms with Gasteiger partial charge in [0.05, 0.1) is 0 Å². The lowest BCUT2D eigenvalue weighted by atomic mass is 10.2. The molecule has 18 heavy (non-hydrogen) atoms. The summed E-state index contributed by atoms with van der Waals surface area (Å²) < 4.78 is 0. The van der Waals surface area contributed by atoms with Gasteiger partial charge in [0.25, 0.3) is 5.91 Å². The number of carboxylic acids is 1. The third kappa shape index (κ3) is 4.41. The normalized spacial score (nSPS) is 12.2. The predicted octanol–water partition coefficient (Wildman–Crippen LogP) is 2.39. The minimum atomic E-state index is -1.05. The molecule has 0 aliphatic rings. The minimum Gasteiger partial charge on any atom is -0.480 e. The number of carbonyl (C=O) groups is 2. The molecule has 0 bridgehead atoms. The predicted molar refractivity (Wildman–Crippen MR) is 72.0 cm³/mol. The summed E-state index contributed by atoms with van der Waals surface area (Å²) in [4.78, 5) is 23.4. The molecule has 0 fully saturated rings. The first kappa shape index (κ1) is 14.6. The average Bonchev–Trinajstić information content (AvgIpc) is 2.28. The van der Waals surface area contributed by atoms with Crippen molar-refractivity contribution in [3.8, 4) is 0 Å². The lowest BCUT2D eigenvalue weighted by Crippen LogP contribution is -2.38. The Labute approximate surface area is 111 Å². The van der Waals surface area contributed by atoms with Gasteiger partial charge in [0, 0.05) is 15.7 Å². The highest BCUT2D eigenvalue weighted by Crippen LogP contribution is 2.22. The molecule has 4 nitrogen and oxygen atoms in total. The standard InChI is InChI=1S/C13H17NO3S/c1-8(2)18-11-6-4-10(5-7-11)12(15)14-9(3)13(16)17/h4-9H,1-3H3,(H,14,15)(H,16,17). The van der Waals surface area contributed by atoms with E-state index in [2.05, 4.69) is 19.2 Å². The second-order valence-corrected chi connectivity index (χ2v) is 5.87. The van der Waals surface area contributed by atoms with Crippen molar-refractivity contribution in [3.63, 3.8) is 0 Å². The van der Waals surface area contributed by atoms with E-state index in [1.807, 2.05) is 12.1 Å². The Bertz CT molecular complexity index is 428. The summed E-state index contributed by atoms with van der Waals surface area (Å²) in [5, 5.41) is 11.6. The fourth-order valence-corrected chi connectivity index (χ4v) is 2.14. The highest BCUT2D eigenvalue weighted by Gasteiger charge is 2.15. The lowest BCUT2D eigenvalue weighted by Gasteiger charge is -2.10. The summed E-state index contributed by atoms with van der Waals surface area (Å²) in [7, 11) is 0. The van der Waals surface area contributed by atoms with E-state index in [4.69, 9.17) is 5.11 Å². The van der Waals surface area contributed by atoms with Gasteiger partial charge in [-0.05, 0) is 31.2 Å². The zero-order chi connectivity index (χ0) is 13.7. The Morgan fingerprint density at radius 3 is 2.17 bits per heavy atom. The molecule has 0 aromatic heterocycles. The van der Waals surface area contributed by atoms with E-state index in [-0.39, 0.29) is 5.91 Å². The molecule has 1 aromatic carbocycles. The third-order valence-electron chi connectivity index (χ3n) is 2.21. The molecule has 0 heterocycles. The minimum absolute atomic E-state index is 0.369. The SMILES string of the molecule is CC(C)Sc1ccc(C(=O)NC(C)C(=O)O)cc1.